The van der Waals surface area contributed by atoms with Crippen LogP contribution < -0.4 is 5.32 Å². The SMILES string of the molecule is Cc1ccc(NC(=O)C[C@@H]2C(=O)N(Cc3ccccc3)[C@@H](C)c3nc4ccccc4n32)cc1. The van der Waals surface area contributed by atoms with Gasteiger partial charge in [-0.05, 0) is 43.7 Å². The molecule has 0 spiro atoms. The van der Waals surface area contributed by atoms with Gasteiger partial charge in [0, 0.05) is 12.2 Å². The van der Waals surface area contributed by atoms with Gasteiger partial charge in [-0.1, -0.05) is 60.2 Å². The number of carbonyl (C=O) groups is 2. The average Bonchev–Trinajstić information content (AvgIpc) is 3.21. The molecule has 1 aliphatic heterocycles. The van der Waals surface area contributed by atoms with Crippen LogP contribution in [0.25, 0.3) is 11.0 Å². The minimum Gasteiger partial charge on any atom is -0.327 e. The molecule has 166 valence electrons. The Kier molecular flexibility index (Phi) is 5.42. The largest absolute Gasteiger partial charge is 0.327 e. The Labute approximate surface area is 192 Å². The van der Waals surface area contributed by atoms with E-state index in [-0.39, 0.29) is 24.3 Å². The number of nitrogens with zero attached hydrogens (tertiary/aromatic N) is 3. The summed E-state index contributed by atoms with van der Waals surface area (Å²) in [6, 6.07) is 24.5. The first-order chi connectivity index (χ1) is 16.0. The fraction of sp³-hybridized carbons (Fsp3) is 0.222. The third kappa shape index (κ3) is 4.00. The van der Waals surface area contributed by atoms with Crippen molar-refractivity contribution in [1.82, 2.24) is 14.5 Å². The topological polar surface area (TPSA) is 67.2 Å². The minimum absolute atomic E-state index is 0.0398. The molecule has 2 heterocycles. The number of para-hydroxylation sites is 2. The standard InChI is InChI=1S/C27H26N4O2/c1-18-12-14-21(15-13-18)28-25(32)16-24-27(33)30(17-20-8-4-3-5-9-20)19(2)26-29-22-10-6-7-11-23(22)31(24)26/h3-15,19,24H,16-17H2,1-2H3,(H,28,32)/t19-,24+/m0/s1. The van der Waals surface area contributed by atoms with Gasteiger partial charge < -0.3 is 14.8 Å². The van der Waals surface area contributed by atoms with E-state index in [0.29, 0.717) is 6.54 Å². The van der Waals surface area contributed by atoms with Gasteiger partial charge in [0.1, 0.15) is 11.9 Å². The third-order valence-corrected chi connectivity index (χ3v) is 6.25. The smallest absolute Gasteiger partial charge is 0.247 e. The summed E-state index contributed by atoms with van der Waals surface area (Å²) in [6.45, 7) is 4.47. The van der Waals surface area contributed by atoms with Gasteiger partial charge in [-0.2, -0.15) is 0 Å². The average molecular weight is 439 g/mol. The molecular weight excluding hydrogens is 412 g/mol. The summed E-state index contributed by atoms with van der Waals surface area (Å²) in [4.78, 5) is 33.5. The number of nitrogens with one attached hydrogen (secondary N) is 1. The zero-order valence-electron chi connectivity index (χ0n) is 18.7. The van der Waals surface area contributed by atoms with Crippen molar-refractivity contribution < 1.29 is 9.59 Å². The van der Waals surface area contributed by atoms with Crippen LogP contribution in [0.5, 0.6) is 0 Å². The second kappa shape index (κ2) is 8.54. The normalized spacial score (nSPS) is 17.8. The van der Waals surface area contributed by atoms with E-state index in [1.807, 2.05) is 102 Å². The molecule has 0 bridgehead atoms. The summed E-state index contributed by atoms with van der Waals surface area (Å²) in [5.41, 5.74) is 4.59. The fourth-order valence-electron chi connectivity index (χ4n) is 4.52. The number of anilines is 1. The van der Waals surface area contributed by atoms with Crippen molar-refractivity contribution in [3.8, 4) is 0 Å². The van der Waals surface area contributed by atoms with E-state index in [2.05, 4.69) is 5.32 Å². The molecule has 33 heavy (non-hydrogen) atoms. The van der Waals surface area contributed by atoms with Crippen LogP contribution in [0.4, 0.5) is 5.69 Å². The quantitative estimate of drug-likeness (QED) is 0.476. The van der Waals surface area contributed by atoms with Crippen molar-refractivity contribution in [3.05, 3.63) is 95.8 Å². The summed E-state index contributed by atoms with van der Waals surface area (Å²) in [7, 11) is 0. The van der Waals surface area contributed by atoms with Crippen molar-refractivity contribution >= 4 is 28.5 Å². The number of rotatable bonds is 5. The molecule has 0 unspecified atom stereocenters. The van der Waals surface area contributed by atoms with Gasteiger partial charge in [0.25, 0.3) is 0 Å². The van der Waals surface area contributed by atoms with Gasteiger partial charge in [-0.25, -0.2) is 4.98 Å². The number of aromatic nitrogens is 2. The summed E-state index contributed by atoms with van der Waals surface area (Å²) < 4.78 is 1.96. The maximum absolute atomic E-state index is 13.8. The number of fused-ring (bicyclic) bond motifs is 3. The molecule has 0 radical (unpaired) electrons. The van der Waals surface area contributed by atoms with E-state index in [1.54, 1.807) is 0 Å². The monoisotopic (exact) mass is 438 g/mol. The van der Waals surface area contributed by atoms with Gasteiger partial charge in [0.15, 0.2) is 0 Å². The van der Waals surface area contributed by atoms with E-state index in [1.165, 1.54) is 0 Å². The molecule has 6 nitrogen and oxygen atoms in total. The number of benzene rings is 3. The van der Waals surface area contributed by atoms with E-state index in [4.69, 9.17) is 4.98 Å². The molecule has 1 aliphatic rings. The molecule has 0 aliphatic carbocycles. The van der Waals surface area contributed by atoms with Crippen molar-refractivity contribution in [2.45, 2.75) is 38.9 Å². The van der Waals surface area contributed by atoms with E-state index >= 15 is 0 Å². The first-order valence-corrected chi connectivity index (χ1v) is 11.2. The summed E-state index contributed by atoms with van der Waals surface area (Å²) >= 11 is 0. The van der Waals surface area contributed by atoms with Crippen molar-refractivity contribution in [2.75, 3.05) is 5.32 Å². The lowest BCUT2D eigenvalue weighted by Crippen LogP contribution is -2.45. The molecule has 5 rings (SSSR count). The Morgan fingerprint density at radius 1 is 0.970 bits per heavy atom. The highest BCUT2D eigenvalue weighted by atomic mass is 16.2. The molecule has 0 fully saturated rings. The van der Waals surface area contributed by atoms with Gasteiger partial charge in [-0.15, -0.1) is 0 Å². The Morgan fingerprint density at radius 2 is 1.67 bits per heavy atom. The second-order valence-electron chi connectivity index (χ2n) is 8.59. The molecular formula is C27H26N4O2. The lowest BCUT2D eigenvalue weighted by atomic mass is 10.0. The van der Waals surface area contributed by atoms with Crippen molar-refractivity contribution in [3.63, 3.8) is 0 Å². The van der Waals surface area contributed by atoms with Crippen LogP contribution in [0, 0.1) is 6.92 Å². The maximum atomic E-state index is 13.8. The lowest BCUT2D eigenvalue weighted by Gasteiger charge is -2.38. The second-order valence-corrected chi connectivity index (χ2v) is 8.59. The van der Waals surface area contributed by atoms with Crippen LogP contribution in [-0.4, -0.2) is 26.3 Å². The number of amides is 2. The zero-order chi connectivity index (χ0) is 22.9. The molecule has 0 saturated carbocycles. The highest BCUT2D eigenvalue weighted by molar-refractivity contribution is 5.96. The number of carbonyl (C=O) groups excluding carboxylic acids is 2. The predicted octanol–water partition coefficient (Wildman–Crippen LogP) is 5.02. The Morgan fingerprint density at radius 3 is 2.42 bits per heavy atom. The van der Waals surface area contributed by atoms with Crippen LogP contribution in [0.1, 0.15) is 42.4 Å². The van der Waals surface area contributed by atoms with Gasteiger partial charge in [0.2, 0.25) is 11.8 Å². The Hall–Kier alpha value is -3.93. The lowest BCUT2D eigenvalue weighted by molar-refractivity contribution is -0.142. The van der Waals surface area contributed by atoms with E-state index in [0.717, 1.165) is 33.7 Å². The van der Waals surface area contributed by atoms with Crippen LogP contribution in [-0.2, 0) is 16.1 Å². The highest BCUT2D eigenvalue weighted by Gasteiger charge is 2.40. The van der Waals surface area contributed by atoms with Gasteiger partial charge >= 0.3 is 0 Å². The fourth-order valence-corrected chi connectivity index (χ4v) is 4.52. The van der Waals surface area contributed by atoms with Crippen molar-refractivity contribution in [1.29, 1.82) is 0 Å². The van der Waals surface area contributed by atoms with Crippen LogP contribution in [0.3, 0.4) is 0 Å². The van der Waals surface area contributed by atoms with Crippen LogP contribution in [0.2, 0.25) is 0 Å². The molecule has 2 amide bonds. The predicted molar refractivity (Wildman–Crippen MR) is 129 cm³/mol. The first kappa shape index (κ1) is 20.9. The summed E-state index contributed by atoms with van der Waals surface area (Å²) in [5, 5.41) is 2.94. The third-order valence-electron chi connectivity index (χ3n) is 6.25. The number of hydrogen-bond donors (Lipinski definition) is 1. The summed E-state index contributed by atoms with van der Waals surface area (Å²) in [6.07, 6.45) is 0.0398. The maximum Gasteiger partial charge on any atom is 0.247 e. The Bertz CT molecular complexity index is 1310. The highest BCUT2D eigenvalue weighted by Crippen LogP contribution is 2.37. The number of aryl methyl sites for hydroxylation is 1. The molecule has 4 aromatic rings. The zero-order valence-corrected chi connectivity index (χ0v) is 18.7. The molecule has 6 heteroatoms. The van der Waals surface area contributed by atoms with Crippen LogP contribution >= 0.6 is 0 Å². The molecule has 2 atom stereocenters. The Balaban J connectivity index is 1.50. The summed E-state index contributed by atoms with van der Waals surface area (Å²) in [5.74, 6) is 0.538. The van der Waals surface area contributed by atoms with Gasteiger partial charge in [-0.3, -0.25) is 9.59 Å². The number of hydrogen-bond acceptors (Lipinski definition) is 3. The molecule has 1 aromatic heterocycles. The van der Waals surface area contributed by atoms with E-state index in [9.17, 15) is 9.59 Å². The van der Waals surface area contributed by atoms with Crippen molar-refractivity contribution in [2.24, 2.45) is 0 Å². The van der Waals surface area contributed by atoms with E-state index < -0.39 is 6.04 Å². The first-order valence-electron chi connectivity index (χ1n) is 11.2. The molecule has 1 N–H and O–H groups in total. The van der Waals surface area contributed by atoms with Crippen LogP contribution in [0.15, 0.2) is 78.9 Å². The molecule has 0 saturated heterocycles. The van der Waals surface area contributed by atoms with Gasteiger partial charge in [0.05, 0.1) is 23.5 Å². The minimum atomic E-state index is -0.655. The number of imidazole rings is 1. The molecule has 3 aromatic carbocycles.